The molecule has 0 aliphatic rings. The molecule has 2 aromatic carbocycles. The predicted molar refractivity (Wildman–Crippen MR) is 96.0 cm³/mol. The molecule has 126 valence electrons. The van der Waals surface area contributed by atoms with Gasteiger partial charge in [-0.25, -0.2) is 9.78 Å². The SMILES string of the molecule is CCOC(=O)c1ccccc1N/N=C/c1nc2ccccc2[nH]c1=O. The maximum atomic E-state index is 12.0. The standard InChI is InChI=1S/C18H16N4O3/c1-2-25-18(24)12-7-3-4-8-13(12)22-19-11-16-17(23)21-15-10-6-5-9-14(15)20-16/h3-11,22H,2H2,1H3,(H,21,23)/b19-11+. The van der Waals surface area contributed by atoms with Crippen LogP contribution in [-0.4, -0.2) is 28.8 Å². The average molecular weight is 336 g/mol. The van der Waals surface area contributed by atoms with Crippen molar-refractivity contribution in [3.8, 4) is 0 Å². The van der Waals surface area contributed by atoms with Gasteiger partial charge in [0.2, 0.25) is 0 Å². The number of nitrogens with one attached hydrogen (secondary N) is 2. The highest BCUT2D eigenvalue weighted by Gasteiger charge is 2.11. The summed E-state index contributed by atoms with van der Waals surface area (Å²) in [5, 5.41) is 4.02. The van der Waals surface area contributed by atoms with Crippen LogP contribution in [0.2, 0.25) is 0 Å². The molecule has 0 saturated carbocycles. The van der Waals surface area contributed by atoms with Crippen molar-refractivity contribution in [3.05, 3.63) is 70.1 Å². The van der Waals surface area contributed by atoms with E-state index in [4.69, 9.17) is 4.74 Å². The minimum Gasteiger partial charge on any atom is -0.462 e. The van der Waals surface area contributed by atoms with Crippen LogP contribution in [0, 0.1) is 0 Å². The summed E-state index contributed by atoms with van der Waals surface area (Å²) in [5.41, 5.74) is 4.74. The minimum atomic E-state index is -0.442. The summed E-state index contributed by atoms with van der Waals surface area (Å²) in [7, 11) is 0. The van der Waals surface area contributed by atoms with Gasteiger partial charge in [-0.2, -0.15) is 5.10 Å². The smallest absolute Gasteiger partial charge is 0.340 e. The number of H-pyrrole nitrogens is 1. The topological polar surface area (TPSA) is 96.4 Å². The Balaban J connectivity index is 1.84. The first-order valence-corrected chi connectivity index (χ1v) is 7.73. The largest absolute Gasteiger partial charge is 0.462 e. The number of nitrogens with zero attached hydrogens (tertiary/aromatic N) is 2. The molecule has 1 heterocycles. The molecule has 0 spiro atoms. The van der Waals surface area contributed by atoms with E-state index in [0.717, 1.165) is 0 Å². The number of anilines is 1. The second-order valence-corrected chi connectivity index (χ2v) is 5.10. The summed E-state index contributed by atoms with van der Waals surface area (Å²) in [6.45, 7) is 2.02. The monoisotopic (exact) mass is 336 g/mol. The molecule has 0 radical (unpaired) electrons. The van der Waals surface area contributed by atoms with Crippen molar-refractivity contribution in [2.45, 2.75) is 6.92 Å². The van der Waals surface area contributed by atoms with Gasteiger partial charge in [-0.3, -0.25) is 10.2 Å². The molecule has 2 N–H and O–H groups in total. The highest BCUT2D eigenvalue weighted by Crippen LogP contribution is 2.16. The van der Waals surface area contributed by atoms with Crippen LogP contribution in [0.5, 0.6) is 0 Å². The van der Waals surface area contributed by atoms with Crippen molar-refractivity contribution >= 4 is 28.9 Å². The number of para-hydroxylation sites is 3. The van der Waals surface area contributed by atoms with E-state index < -0.39 is 5.97 Å². The number of hydrogen-bond acceptors (Lipinski definition) is 6. The predicted octanol–water partition coefficient (Wildman–Crippen LogP) is 2.55. The van der Waals surface area contributed by atoms with Crippen LogP contribution in [0.1, 0.15) is 23.0 Å². The maximum Gasteiger partial charge on any atom is 0.340 e. The van der Waals surface area contributed by atoms with Crippen molar-refractivity contribution in [1.29, 1.82) is 0 Å². The van der Waals surface area contributed by atoms with E-state index in [1.807, 2.05) is 12.1 Å². The highest BCUT2D eigenvalue weighted by molar-refractivity contribution is 5.95. The lowest BCUT2D eigenvalue weighted by molar-refractivity contribution is 0.0527. The van der Waals surface area contributed by atoms with E-state index in [9.17, 15) is 9.59 Å². The van der Waals surface area contributed by atoms with Gasteiger partial charge >= 0.3 is 5.97 Å². The first kappa shape index (κ1) is 16.4. The van der Waals surface area contributed by atoms with E-state index in [2.05, 4.69) is 20.5 Å². The van der Waals surface area contributed by atoms with Crippen LogP contribution in [-0.2, 0) is 4.74 Å². The Kier molecular flexibility index (Phi) is 4.84. The second kappa shape index (κ2) is 7.39. The molecule has 0 aliphatic heterocycles. The first-order valence-electron chi connectivity index (χ1n) is 7.73. The number of carbonyl (C=O) groups is 1. The fourth-order valence-electron chi connectivity index (χ4n) is 2.26. The lowest BCUT2D eigenvalue weighted by Gasteiger charge is -2.07. The van der Waals surface area contributed by atoms with Gasteiger partial charge in [0, 0.05) is 0 Å². The van der Waals surface area contributed by atoms with Crippen LogP contribution in [0.15, 0.2) is 58.4 Å². The number of rotatable bonds is 5. The molecule has 0 atom stereocenters. The van der Waals surface area contributed by atoms with Crippen LogP contribution >= 0.6 is 0 Å². The van der Waals surface area contributed by atoms with E-state index in [0.29, 0.717) is 22.3 Å². The zero-order chi connectivity index (χ0) is 17.6. The lowest BCUT2D eigenvalue weighted by atomic mass is 10.2. The Morgan fingerprint density at radius 2 is 2.00 bits per heavy atom. The van der Waals surface area contributed by atoms with Crippen LogP contribution < -0.4 is 11.0 Å². The Labute approximate surface area is 143 Å². The van der Waals surface area contributed by atoms with Crippen LogP contribution in [0.3, 0.4) is 0 Å². The zero-order valence-electron chi connectivity index (χ0n) is 13.5. The number of esters is 1. The maximum absolute atomic E-state index is 12.0. The molecular formula is C18H16N4O3. The van der Waals surface area contributed by atoms with Gasteiger partial charge in [-0.15, -0.1) is 0 Å². The molecule has 3 aromatic rings. The number of hydrazone groups is 1. The number of carbonyl (C=O) groups excluding carboxylic acids is 1. The number of aromatic nitrogens is 2. The molecule has 0 bridgehead atoms. The second-order valence-electron chi connectivity index (χ2n) is 5.10. The number of hydrogen-bond donors (Lipinski definition) is 2. The molecule has 0 unspecified atom stereocenters. The molecule has 0 fully saturated rings. The molecule has 25 heavy (non-hydrogen) atoms. The van der Waals surface area contributed by atoms with Crippen molar-refractivity contribution in [3.63, 3.8) is 0 Å². The van der Waals surface area contributed by atoms with Crippen molar-refractivity contribution in [2.75, 3.05) is 12.0 Å². The van der Waals surface area contributed by atoms with Gasteiger partial charge in [0.25, 0.3) is 5.56 Å². The fraction of sp³-hybridized carbons (Fsp3) is 0.111. The molecule has 0 aliphatic carbocycles. The minimum absolute atomic E-state index is 0.166. The third-order valence-electron chi connectivity index (χ3n) is 3.42. The molecule has 1 aromatic heterocycles. The summed E-state index contributed by atoms with van der Waals surface area (Å²) in [4.78, 5) is 31.0. The molecule has 0 amide bonds. The van der Waals surface area contributed by atoms with Gasteiger partial charge in [0.15, 0.2) is 0 Å². The van der Waals surface area contributed by atoms with Gasteiger partial charge < -0.3 is 9.72 Å². The van der Waals surface area contributed by atoms with E-state index in [-0.39, 0.29) is 17.9 Å². The number of aromatic amines is 1. The third-order valence-corrected chi connectivity index (χ3v) is 3.42. The van der Waals surface area contributed by atoms with Crippen LogP contribution in [0.25, 0.3) is 11.0 Å². The van der Waals surface area contributed by atoms with E-state index in [1.165, 1.54) is 6.21 Å². The lowest BCUT2D eigenvalue weighted by Crippen LogP contribution is -2.15. The highest BCUT2D eigenvalue weighted by atomic mass is 16.5. The Bertz CT molecular complexity index is 995. The average Bonchev–Trinajstić information content (AvgIpc) is 2.62. The van der Waals surface area contributed by atoms with Gasteiger partial charge in [0.1, 0.15) is 5.69 Å². The number of fused-ring (bicyclic) bond motifs is 1. The van der Waals surface area contributed by atoms with Crippen molar-refractivity contribution in [1.82, 2.24) is 9.97 Å². The molecular weight excluding hydrogens is 320 g/mol. The van der Waals surface area contributed by atoms with Crippen LogP contribution in [0.4, 0.5) is 5.69 Å². The Morgan fingerprint density at radius 1 is 1.24 bits per heavy atom. The summed E-state index contributed by atoms with van der Waals surface area (Å²) < 4.78 is 5.00. The normalized spacial score (nSPS) is 10.9. The van der Waals surface area contributed by atoms with Gasteiger partial charge in [-0.1, -0.05) is 24.3 Å². The van der Waals surface area contributed by atoms with Gasteiger partial charge in [-0.05, 0) is 31.2 Å². The third kappa shape index (κ3) is 3.72. The van der Waals surface area contributed by atoms with E-state index in [1.54, 1.807) is 43.3 Å². The molecule has 3 rings (SSSR count). The fourth-order valence-corrected chi connectivity index (χ4v) is 2.26. The van der Waals surface area contributed by atoms with Crippen molar-refractivity contribution in [2.24, 2.45) is 5.10 Å². The Morgan fingerprint density at radius 3 is 2.84 bits per heavy atom. The summed E-state index contributed by atoms with van der Waals surface area (Å²) in [6, 6.07) is 14.1. The summed E-state index contributed by atoms with van der Waals surface area (Å²) in [5.74, 6) is -0.442. The molecule has 0 saturated heterocycles. The van der Waals surface area contributed by atoms with E-state index >= 15 is 0 Å². The van der Waals surface area contributed by atoms with Gasteiger partial charge in [0.05, 0.1) is 35.1 Å². The first-order chi connectivity index (χ1) is 12.2. The van der Waals surface area contributed by atoms with Crippen molar-refractivity contribution < 1.29 is 9.53 Å². The molecule has 7 heteroatoms. The summed E-state index contributed by atoms with van der Waals surface area (Å²) >= 11 is 0. The number of benzene rings is 2. The quantitative estimate of drug-likeness (QED) is 0.424. The molecule has 7 nitrogen and oxygen atoms in total. The summed E-state index contributed by atoms with van der Waals surface area (Å²) in [6.07, 6.45) is 1.31. The zero-order valence-corrected chi connectivity index (χ0v) is 13.5. The Hall–Kier alpha value is -3.48. The number of ether oxygens (including phenoxy) is 1.